The standard InChI is InChI=1S/C10H19NO2S/c1-6(2)9-11-8(5-14-9)10(12)13-7(3)4/h6-9,11H,5H2,1-4H3/t8-,9-/m1/s1. The van der Waals surface area contributed by atoms with Crippen molar-refractivity contribution in [3.8, 4) is 0 Å². The van der Waals surface area contributed by atoms with Crippen LogP contribution >= 0.6 is 11.8 Å². The van der Waals surface area contributed by atoms with Crippen molar-refractivity contribution >= 4 is 17.7 Å². The van der Waals surface area contributed by atoms with E-state index in [0.717, 1.165) is 5.75 Å². The number of thioether (sulfide) groups is 1. The first-order valence-corrected chi connectivity index (χ1v) is 6.13. The van der Waals surface area contributed by atoms with Crippen LogP contribution in [-0.2, 0) is 9.53 Å². The first-order chi connectivity index (χ1) is 6.50. The normalized spacial score (nSPS) is 27.3. The number of carbonyl (C=O) groups excluding carboxylic acids is 1. The highest BCUT2D eigenvalue weighted by Crippen LogP contribution is 2.25. The highest BCUT2D eigenvalue weighted by Gasteiger charge is 2.32. The molecule has 1 fully saturated rings. The highest BCUT2D eigenvalue weighted by atomic mass is 32.2. The molecular weight excluding hydrogens is 198 g/mol. The number of esters is 1. The first kappa shape index (κ1) is 11.9. The molecule has 3 nitrogen and oxygen atoms in total. The molecule has 1 rings (SSSR count). The average Bonchev–Trinajstić information content (AvgIpc) is 2.50. The SMILES string of the molecule is CC(C)OC(=O)[C@H]1CS[C@H](C(C)C)N1. The van der Waals surface area contributed by atoms with Crippen molar-refractivity contribution in [2.75, 3.05) is 5.75 Å². The minimum atomic E-state index is -0.116. The quantitative estimate of drug-likeness (QED) is 0.729. The molecule has 0 aliphatic carbocycles. The molecule has 1 saturated heterocycles. The molecule has 0 spiro atoms. The Morgan fingerprint density at radius 3 is 2.50 bits per heavy atom. The van der Waals surface area contributed by atoms with E-state index in [1.165, 1.54) is 0 Å². The molecule has 0 radical (unpaired) electrons. The van der Waals surface area contributed by atoms with Crippen LogP contribution in [0.15, 0.2) is 0 Å². The smallest absolute Gasteiger partial charge is 0.324 e. The summed E-state index contributed by atoms with van der Waals surface area (Å²) in [5.41, 5.74) is 0. The van der Waals surface area contributed by atoms with Crippen molar-refractivity contribution in [1.29, 1.82) is 0 Å². The second kappa shape index (κ2) is 5.03. The molecule has 1 aliphatic heterocycles. The predicted octanol–water partition coefficient (Wildman–Crippen LogP) is 1.63. The fraction of sp³-hybridized carbons (Fsp3) is 0.900. The molecule has 0 saturated carbocycles. The lowest BCUT2D eigenvalue weighted by molar-refractivity contribution is -0.149. The van der Waals surface area contributed by atoms with Gasteiger partial charge in [-0.15, -0.1) is 11.8 Å². The molecule has 1 aliphatic rings. The van der Waals surface area contributed by atoms with Gasteiger partial charge in [0.25, 0.3) is 0 Å². The molecule has 0 aromatic rings. The van der Waals surface area contributed by atoms with Gasteiger partial charge in [-0.1, -0.05) is 13.8 Å². The zero-order valence-electron chi connectivity index (χ0n) is 9.24. The fourth-order valence-electron chi connectivity index (χ4n) is 1.33. The summed E-state index contributed by atoms with van der Waals surface area (Å²) in [6.45, 7) is 8.06. The lowest BCUT2D eigenvalue weighted by atomic mass is 10.2. The van der Waals surface area contributed by atoms with Crippen LogP contribution in [0.1, 0.15) is 27.7 Å². The Bertz CT molecular complexity index is 206. The molecule has 4 heteroatoms. The number of carbonyl (C=O) groups is 1. The van der Waals surface area contributed by atoms with Gasteiger partial charge in [0.05, 0.1) is 11.5 Å². The maximum Gasteiger partial charge on any atom is 0.324 e. The first-order valence-electron chi connectivity index (χ1n) is 5.09. The van der Waals surface area contributed by atoms with Crippen LogP contribution in [-0.4, -0.2) is 29.2 Å². The number of rotatable bonds is 3. The largest absolute Gasteiger partial charge is 0.462 e. The summed E-state index contributed by atoms with van der Waals surface area (Å²) in [5, 5.41) is 3.67. The number of nitrogens with one attached hydrogen (secondary N) is 1. The minimum absolute atomic E-state index is 0.0209. The highest BCUT2D eigenvalue weighted by molar-refractivity contribution is 8.00. The summed E-state index contributed by atoms with van der Waals surface area (Å²) < 4.78 is 5.15. The van der Waals surface area contributed by atoms with Gasteiger partial charge in [-0.05, 0) is 19.8 Å². The van der Waals surface area contributed by atoms with Crippen LogP contribution in [0.25, 0.3) is 0 Å². The fourth-order valence-corrected chi connectivity index (χ4v) is 2.61. The molecule has 0 aromatic heterocycles. The molecule has 0 bridgehead atoms. The molecule has 82 valence electrons. The van der Waals surface area contributed by atoms with Crippen LogP contribution in [0.4, 0.5) is 0 Å². The maximum absolute atomic E-state index is 11.5. The topological polar surface area (TPSA) is 38.3 Å². The Hall–Kier alpha value is -0.220. The molecule has 0 amide bonds. The summed E-state index contributed by atoms with van der Waals surface area (Å²) >= 11 is 1.80. The van der Waals surface area contributed by atoms with Crippen molar-refractivity contribution < 1.29 is 9.53 Å². The van der Waals surface area contributed by atoms with Crippen molar-refractivity contribution in [2.24, 2.45) is 5.92 Å². The van der Waals surface area contributed by atoms with Gasteiger partial charge in [-0.25, -0.2) is 0 Å². The zero-order chi connectivity index (χ0) is 10.7. The van der Waals surface area contributed by atoms with Crippen LogP contribution in [0.3, 0.4) is 0 Å². The Morgan fingerprint density at radius 2 is 2.07 bits per heavy atom. The summed E-state index contributed by atoms with van der Waals surface area (Å²) in [6.07, 6.45) is -0.0209. The van der Waals surface area contributed by atoms with Crippen molar-refractivity contribution in [2.45, 2.75) is 45.2 Å². The monoisotopic (exact) mass is 217 g/mol. The van der Waals surface area contributed by atoms with E-state index in [0.29, 0.717) is 11.3 Å². The summed E-state index contributed by atoms with van der Waals surface area (Å²) in [5.74, 6) is 1.27. The molecule has 1 heterocycles. The maximum atomic E-state index is 11.5. The van der Waals surface area contributed by atoms with E-state index in [1.807, 2.05) is 13.8 Å². The van der Waals surface area contributed by atoms with E-state index in [-0.39, 0.29) is 18.1 Å². The van der Waals surface area contributed by atoms with Gasteiger partial charge in [-0.2, -0.15) is 0 Å². The molecule has 2 atom stereocenters. The van der Waals surface area contributed by atoms with E-state index >= 15 is 0 Å². The Morgan fingerprint density at radius 1 is 1.43 bits per heavy atom. The van der Waals surface area contributed by atoms with Crippen molar-refractivity contribution in [3.63, 3.8) is 0 Å². The van der Waals surface area contributed by atoms with Crippen LogP contribution in [0.2, 0.25) is 0 Å². The van der Waals surface area contributed by atoms with Gasteiger partial charge in [0.1, 0.15) is 6.04 Å². The lowest BCUT2D eigenvalue weighted by Gasteiger charge is -2.16. The third-order valence-electron chi connectivity index (χ3n) is 2.05. The molecule has 14 heavy (non-hydrogen) atoms. The van der Waals surface area contributed by atoms with E-state index in [9.17, 15) is 4.79 Å². The van der Waals surface area contributed by atoms with E-state index in [2.05, 4.69) is 19.2 Å². The second-order valence-electron chi connectivity index (χ2n) is 4.20. The summed E-state index contributed by atoms with van der Waals surface area (Å²) in [7, 11) is 0. The van der Waals surface area contributed by atoms with Crippen LogP contribution in [0.5, 0.6) is 0 Å². The third-order valence-corrected chi connectivity index (χ3v) is 3.62. The zero-order valence-corrected chi connectivity index (χ0v) is 10.1. The van der Waals surface area contributed by atoms with E-state index in [1.54, 1.807) is 11.8 Å². The van der Waals surface area contributed by atoms with E-state index < -0.39 is 0 Å². The van der Waals surface area contributed by atoms with Gasteiger partial charge >= 0.3 is 5.97 Å². The Labute approximate surface area is 90.0 Å². The summed E-state index contributed by atoms with van der Waals surface area (Å²) in [6, 6.07) is -0.116. The predicted molar refractivity (Wildman–Crippen MR) is 59.2 cm³/mol. The van der Waals surface area contributed by atoms with Crippen LogP contribution in [0, 0.1) is 5.92 Å². The molecule has 0 aromatic carbocycles. The molecular formula is C10H19NO2S. The second-order valence-corrected chi connectivity index (χ2v) is 5.38. The van der Waals surface area contributed by atoms with Crippen molar-refractivity contribution in [1.82, 2.24) is 5.32 Å². The molecule has 1 N–H and O–H groups in total. The van der Waals surface area contributed by atoms with Gasteiger partial charge < -0.3 is 4.74 Å². The number of hydrogen-bond donors (Lipinski definition) is 1. The lowest BCUT2D eigenvalue weighted by Crippen LogP contribution is -2.40. The number of ether oxygens (including phenoxy) is 1. The van der Waals surface area contributed by atoms with Gasteiger partial charge in [-0.3, -0.25) is 10.1 Å². The third kappa shape index (κ3) is 3.17. The average molecular weight is 217 g/mol. The van der Waals surface area contributed by atoms with Gasteiger partial charge in [0.15, 0.2) is 0 Å². The minimum Gasteiger partial charge on any atom is -0.462 e. The summed E-state index contributed by atoms with van der Waals surface area (Å²) in [4.78, 5) is 11.5. The molecule has 0 unspecified atom stereocenters. The van der Waals surface area contributed by atoms with E-state index in [4.69, 9.17) is 4.74 Å². The van der Waals surface area contributed by atoms with Crippen molar-refractivity contribution in [3.05, 3.63) is 0 Å². The Kier molecular flexibility index (Phi) is 4.26. The Balaban J connectivity index is 2.38. The van der Waals surface area contributed by atoms with Crippen LogP contribution < -0.4 is 5.32 Å². The number of hydrogen-bond acceptors (Lipinski definition) is 4. The van der Waals surface area contributed by atoms with Gasteiger partial charge in [0.2, 0.25) is 0 Å². The van der Waals surface area contributed by atoms with Gasteiger partial charge in [0, 0.05) is 5.75 Å².